The van der Waals surface area contributed by atoms with Crippen LogP contribution in [-0.4, -0.2) is 22.2 Å². The molecule has 5 rings (SSSR count). The van der Waals surface area contributed by atoms with Gasteiger partial charge in [0.05, 0.1) is 0 Å². The molecule has 0 saturated heterocycles. The van der Waals surface area contributed by atoms with Gasteiger partial charge in [-0.25, -0.2) is 9.59 Å². The van der Waals surface area contributed by atoms with Crippen molar-refractivity contribution >= 4 is 11.9 Å². The zero-order valence-corrected chi connectivity index (χ0v) is 15.8. The first-order chi connectivity index (χ1) is 12.3. The predicted octanol–water partition coefficient (Wildman–Crippen LogP) is 4.62. The molecule has 8 atom stereocenters. The molecule has 0 radical (unpaired) electrons. The summed E-state index contributed by atoms with van der Waals surface area (Å²) in [5, 5.41) is 15.5. The van der Waals surface area contributed by atoms with Crippen LogP contribution in [0.25, 0.3) is 0 Å². The smallest absolute Gasteiger partial charge is 0.330 e. The van der Waals surface area contributed by atoms with Crippen molar-refractivity contribution < 1.29 is 19.8 Å². The van der Waals surface area contributed by atoms with Crippen molar-refractivity contribution in [2.45, 2.75) is 51.9 Å². The SMILES string of the molecule is C1CC2C(C1)C1CC2C2C3CCC(C3)C12.C=C(C)C(=O)O.C=CC(=O)O. The molecule has 0 aromatic carbocycles. The molecule has 4 nitrogen and oxygen atoms in total. The van der Waals surface area contributed by atoms with Crippen LogP contribution >= 0.6 is 0 Å². The van der Waals surface area contributed by atoms with Gasteiger partial charge in [0.25, 0.3) is 0 Å². The van der Waals surface area contributed by atoms with Gasteiger partial charge < -0.3 is 10.2 Å². The maximum Gasteiger partial charge on any atom is 0.330 e. The first-order valence-electron chi connectivity index (χ1n) is 10.1. The Hall–Kier alpha value is -1.58. The number of fused-ring (bicyclic) bond motifs is 12. The molecule has 0 spiro atoms. The maximum atomic E-state index is 9.60. The van der Waals surface area contributed by atoms with Gasteiger partial charge in [-0.3, -0.25) is 0 Å². The second-order valence-electron chi connectivity index (χ2n) is 8.94. The first-order valence-corrected chi connectivity index (χ1v) is 10.1. The zero-order valence-electron chi connectivity index (χ0n) is 15.8. The summed E-state index contributed by atoms with van der Waals surface area (Å²) in [5.41, 5.74) is 0.176. The Morgan fingerprint density at radius 3 is 1.65 bits per heavy atom. The van der Waals surface area contributed by atoms with Crippen molar-refractivity contribution in [2.24, 2.45) is 47.3 Å². The van der Waals surface area contributed by atoms with Gasteiger partial charge in [-0.05, 0) is 92.8 Å². The summed E-state index contributed by atoms with van der Waals surface area (Å²) in [4.78, 5) is 18.8. The van der Waals surface area contributed by atoms with Gasteiger partial charge >= 0.3 is 11.9 Å². The normalized spacial score (nSPS) is 42.7. The zero-order chi connectivity index (χ0) is 19.0. The number of rotatable bonds is 2. The Bertz CT molecular complexity index is 555. The summed E-state index contributed by atoms with van der Waals surface area (Å²) in [5.74, 6) is 7.87. The van der Waals surface area contributed by atoms with E-state index in [4.69, 9.17) is 10.2 Å². The Kier molecular flexibility index (Phi) is 5.59. The Balaban J connectivity index is 0.000000152. The van der Waals surface area contributed by atoms with Gasteiger partial charge in [0.2, 0.25) is 0 Å². The molecule has 4 bridgehead atoms. The Morgan fingerprint density at radius 1 is 0.885 bits per heavy atom. The van der Waals surface area contributed by atoms with Crippen molar-refractivity contribution in [1.29, 1.82) is 0 Å². The minimum atomic E-state index is -0.981. The van der Waals surface area contributed by atoms with E-state index in [2.05, 4.69) is 13.2 Å². The van der Waals surface area contributed by atoms with Crippen LogP contribution in [-0.2, 0) is 9.59 Å². The monoisotopic (exact) mass is 360 g/mol. The van der Waals surface area contributed by atoms with Crippen LogP contribution in [0.15, 0.2) is 24.8 Å². The number of hydrogen-bond acceptors (Lipinski definition) is 2. The lowest BCUT2D eigenvalue weighted by molar-refractivity contribution is -0.133. The van der Waals surface area contributed by atoms with Gasteiger partial charge in [0, 0.05) is 11.6 Å². The molecule has 5 aliphatic rings. The van der Waals surface area contributed by atoms with Crippen molar-refractivity contribution in [3.8, 4) is 0 Å². The number of hydrogen-bond donors (Lipinski definition) is 2. The molecule has 4 heteroatoms. The molecule has 0 aliphatic heterocycles. The third-order valence-corrected chi connectivity index (χ3v) is 7.84. The molecule has 5 aliphatic carbocycles. The Morgan fingerprint density at radius 2 is 1.31 bits per heavy atom. The molecule has 5 fully saturated rings. The molecule has 8 unspecified atom stereocenters. The standard InChI is InChI=1S/C15H22.C4H6O2.C3H4O2/c1-2-10-11(3-1)13-7-12(10)14-8-4-5-9(6-8)15(13)14;1-3(2)4(5)6;1-2-3(4)5/h8-15H,1-7H2;1H2,2H3,(H,5,6);2H,1H2,(H,4,5). The summed E-state index contributed by atoms with van der Waals surface area (Å²) in [6.45, 7) is 7.56. The van der Waals surface area contributed by atoms with Crippen LogP contribution in [0.1, 0.15) is 51.9 Å². The van der Waals surface area contributed by atoms with Gasteiger partial charge in [-0.1, -0.05) is 19.6 Å². The summed E-state index contributed by atoms with van der Waals surface area (Å²) in [6, 6.07) is 0. The van der Waals surface area contributed by atoms with Gasteiger partial charge in [0.15, 0.2) is 0 Å². The van der Waals surface area contributed by atoms with Crippen LogP contribution in [0, 0.1) is 47.3 Å². The lowest BCUT2D eigenvalue weighted by atomic mass is 9.64. The van der Waals surface area contributed by atoms with E-state index in [1.807, 2.05) is 0 Å². The van der Waals surface area contributed by atoms with Crippen LogP contribution in [0.2, 0.25) is 0 Å². The lowest BCUT2D eigenvalue weighted by Crippen LogP contribution is -2.35. The molecule has 26 heavy (non-hydrogen) atoms. The Labute approximate surface area is 156 Å². The fourth-order valence-electron chi connectivity index (χ4n) is 7.28. The van der Waals surface area contributed by atoms with Crippen molar-refractivity contribution in [3.63, 3.8) is 0 Å². The van der Waals surface area contributed by atoms with Crippen molar-refractivity contribution in [1.82, 2.24) is 0 Å². The highest BCUT2D eigenvalue weighted by Gasteiger charge is 2.65. The average Bonchev–Trinajstić information content (AvgIpc) is 3.37. The van der Waals surface area contributed by atoms with Crippen molar-refractivity contribution in [2.75, 3.05) is 0 Å². The lowest BCUT2D eigenvalue weighted by Gasteiger charge is -2.40. The van der Waals surface area contributed by atoms with E-state index in [0.717, 1.165) is 6.08 Å². The molecule has 0 amide bonds. The molecule has 2 N–H and O–H groups in total. The molecule has 0 heterocycles. The number of carboxylic acids is 2. The largest absolute Gasteiger partial charge is 0.478 e. The summed E-state index contributed by atoms with van der Waals surface area (Å²) in [6.07, 6.45) is 12.2. The minimum Gasteiger partial charge on any atom is -0.478 e. The van der Waals surface area contributed by atoms with Gasteiger partial charge in [0.1, 0.15) is 0 Å². The van der Waals surface area contributed by atoms with Gasteiger partial charge in [-0.2, -0.15) is 0 Å². The first kappa shape index (κ1) is 19.2. The molecule has 0 aromatic rings. The van der Waals surface area contributed by atoms with Crippen LogP contribution in [0.5, 0.6) is 0 Å². The van der Waals surface area contributed by atoms with Crippen molar-refractivity contribution in [3.05, 3.63) is 24.8 Å². The van der Waals surface area contributed by atoms with E-state index >= 15 is 0 Å². The topological polar surface area (TPSA) is 74.6 Å². The molecule has 0 aromatic heterocycles. The third-order valence-electron chi connectivity index (χ3n) is 7.84. The molecule has 144 valence electrons. The average molecular weight is 360 g/mol. The maximum absolute atomic E-state index is 9.60. The number of aliphatic carboxylic acids is 2. The third kappa shape index (κ3) is 3.35. The van der Waals surface area contributed by atoms with E-state index in [9.17, 15) is 9.59 Å². The second-order valence-corrected chi connectivity index (χ2v) is 8.94. The minimum absolute atomic E-state index is 0.176. The van der Waals surface area contributed by atoms with E-state index < -0.39 is 11.9 Å². The van der Waals surface area contributed by atoms with Crippen LogP contribution in [0.3, 0.4) is 0 Å². The number of carbonyl (C=O) groups is 2. The fraction of sp³-hybridized carbons (Fsp3) is 0.727. The van der Waals surface area contributed by atoms with Gasteiger partial charge in [-0.15, -0.1) is 0 Å². The van der Waals surface area contributed by atoms with Crippen LogP contribution in [0.4, 0.5) is 0 Å². The molecule has 5 saturated carbocycles. The van der Waals surface area contributed by atoms with E-state index in [1.54, 1.807) is 44.9 Å². The summed E-state index contributed by atoms with van der Waals surface area (Å²) < 4.78 is 0. The summed E-state index contributed by atoms with van der Waals surface area (Å²) in [7, 11) is 0. The highest BCUT2D eigenvalue weighted by molar-refractivity contribution is 5.84. The fourth-order valence-corrected chi connectivity index (χ4v) is 7.28. The number of carboxylic acid groups (broad SMARTS) is 2. The molecular formula is C22H32O4. The van der Waals surface area contributed by atoms with E-state index in [1.165, 1.54) is 54.3 Å². The highest BCUT2D eigenvalue weighted by Crippen LogP contribution is 2.72. The highest BCUT2D eigenvalue weighted by atomic mass is 16.4. The molecular weight excluding hydrogens is 328 g/mol. The quantitative estimate of drug-likeness (QED) is 0.557. The second kappa shape index (κ2) is 7.58. The predicted molar refractivity (Wildman–Crippen MR) is 101 cm³/mol. The van der Waals surface area contributed by atoms with Crippen LogP contribution < -0.4 is 0 Å². The van der Waals surface area contributed by atoms with E-state index in [0.29, 0.717) is 0 Å². The van der Waals surface area contributed by atoms with E-state index in [-0.39, 0.29) is 5.57 Å². The summed E-state index contributed by atoms with van der Waals surface area (Å²) >= 11 is 0.